The fourth-order valence-corrected chi connectivity index (χ4v) is 6.70. The lowest BCUT2D eigenvalue weighted by Gasteiger charge is -2.13. The normalized spacial score (nSPS) is 16.3. The molecule has 0 radical (unpaired) electrons. The monoisotopic (exact) mass is 669 g/mol. The van der Waals surface area contributed by atoms with Gasteiger partial charge in [0.1, 0.15) is 11.2 Å². The predicted octanol–water partition coefficient (Wildman–Crippen LogP) is 11.3. The van der Waals surface area contributed by atoms with Gasteiger partial charge in [0.25, 0.3) is 0 Å². The Bertz CT molecular complexity index is 3730. The molecule has 0 spiro atoms. The van der Waals surface area contributed by atoms with E-state index in [0.717, 1.165) is 31.0 Å². The van der Waals surface area contributed by atoms with Crippen molar-refractivity contribution in [2.75, 3.05) is 0 Å². The van der Waals surface area contributed by atoms with Crippen molar-refractivity contribution in [2.24, 2.45) is 0 Å². The Morgan fingerprint density at radius 1 is 0.431 bits per heavy atom. The van der Waals surface area contributed by atoms with E-state index in [-0.39, 0.29) is 49.4 Å². The quantitative estimate of drug-likeness (QED) is 0.187. The van der Waals surface area contributed by atoms with E-state index in [1.807, 2.05) is 42.5 Å². The Morgan fingerprint density at radius 3 is 1.45 bits per heavy atom. The van der Waals surface area contributed by atoms with Gasteiger partial charge < -0.3 is 4.42 Å². The van der Waals surface area contributed by atoms with E-state index in [9.17, 15) is 0 Å². The van der Waals surface area contributed by atoms with E-state index in [0.29, 0.717) is 16.7 Å². The summed E-state index contributed by atoms with van der Waals surface area (Å²) in [7, 11) is 0. The SMILES string of the molecule is [2H]c1c([2H])c([2H])c2c(c1[2H])c1c([2H])c([2H])c([2H])c([2H])c1n2-c1nc(-c2ccc(-c3cccc4c3oc3ccccc34)cc2)nc(-n2c3c([2H])c([2H])c([2H])c([2H])c3c3c([2H])c([2H])c([2H])c([2H])c32)n1. The summed E-state index contributed by atoms with van der Waals surface area (Å²) in [4.78, 5) is 14.3. The Morgan fingerprint density at radius 2 is 0.902 bits per heavy atom. The van der Waals surface area contributed by atoms with E-state index in [4.69, 9.17) is 41.3 Å². The minimum absolute atomic E-state index is 0.151. The minimum Gasteiger partial charge on any atom is -0.455 e. The molecule has 0 N–H and O–H groups in total. The third kappa shape index (κ3) is 4.14. The molecular weight excluding hydrogens is 627 g/mol. The topological polar surface area (TPSA) is 61.7 Å². The summed E-state index contributed by atoms with van der Waals surface area (Å²) in [6.07, 6.45) is 0. The molecule has 4 heterocycles. The molecule has 0 saturated carbocycles. The second kappa shape index (κ2) is 10.7. The van der Waals surface area contributed by atoms with Gasteiger partial charge >= 0.3 is 0 Å². The third-order valence-electron chi connectivity index (χ3n) is 8.94. The molecule has 4 aromatic heterocycles. The molecule has 0 aliphatic rings. The zero-order valence-electron chi connectivity index (χ0n) is 42.0. The molecule has 0 bridgehead atoms. The molecule has 6 heteroatoms. The van der Waals surface area contributed by atoms with Crippen molar-refractivity contribution in [2.45, 2.75) is 0 Å². The predicted molar refractivity (Wildman–Crippen MR) is 207 cm³/mol. The first-order valence-electron chi connectivity index (χ1n) is 23.7. The number of hydrogen-bond acceptors (Lipinski definition) is 4. The van der Waals surface area contributed by atoms with E-state index in [2.05, 4.69) is 0 Å². The maximum Gasteiger partial charge on any atom is 0.240 e. The van der Waals surface area contributed by atoms with Crippen LogP contribution < -0.4 is 0 Å². The Labute approximate surface area is 314 Å². The summed E-state index contributed by atoms with van der Waals surface area (Å²) >= 11 is 0. The fourth-order valence-electron chi connectivity index (χ4n) is 6.70. The van der Waals surface area contributed by atoms with Gasteiger partial charge in [0.2, 0.25) is 11.9 Å². The highest BCUT2D eigenvalue weighted by atomic mass is 16.3. The summed E-state index contributed by atoms with van der Waals surface area (Å²) < 4.78 is 150. The molecule has 11 aromatic rings. The van der Waals surface area contributed by atoms with Crippen molar-refractivity contribution in [3.8, 4) is 34.4 Å². The van der Waals surface area contributed by atoms with Crippen molar-refractivity contribution < 1.29 is 26.3 Å². The second-order valence-electron chi connectivity index (χ2n) is 11.7. The highest BCUT2D eigenvalue weighted by Gasteiger charge is 2.20. The van der Waals surface area contributed by atoms with Crippen LogP contribution in [0, 0.1) is 0 Å². The number of fused-ring (bicyclic) bond motifs is 9. The molecular formula is C45H27N5O. The number of nitrogens with zero attached hydrogens (tertiary/aromatic N) is 5. The van der Waals surface area contributed by atoms with Crippen LogP contribution in [0.3, 0.4) is 0 Å². The summed E-state index contributed by atoms with van der Waals surface area (Å²) in [6.45, 7) is 0. The van der Waals surface area contributed by atoms with Crippen molar-refractivity contribution in [1.29, 1.82) is 0 Å². The van der Waals surface area contributed by atoms with Gasteiger partial charge in [0, 0.05) is 43.4 Å². The number of hydrogen-bond donors (Lipinski definition) is 0. The van der Waals surface area contributed by atoms with E-state index >= 15 is 0 Å². The summed E-state index contributed by atoms with van der Waals surface area (Å²) in [5, 5.41) is 0.775. The average molecular weight is 670 g/mol. The van der Waals surface area contributed by atoms with Crippen LogP contribution in [0.2, 0.25) is 0 Å². The number of benzene rings is 7. The molecule has 0 aliphatic heterocycles. The molecule has 11 rings (SSSR count). The van der Waals surface area contributed by atoms with E-state index < -0.39 is 109 Å². The van der Waals surface area contributed by atoms with Gasteiger partial charge in [0.05, 0.1) is 44.0 Å². The van der Waals surface area contributed by atoms with Crippen molar-refractivity contribution in [3.05, 3.63) is 163 Å². The first-order chi connectivity index (χ1) is 31.9. The molecule has 7 aromatic carbocycles. The zero-order valence-corrected chi connectivity index (χ0v) is 26.0. The highest BCUT2D eigenvalue weighted by molar-refractivity contribution is 6.11. The van der Waals surface area contributed by atoms with Crippen molar-refractivity contribution in [3.63, 3.8) is 0 Å². The molecule has 0 amide bonds. The lowest BCUT2D eigenvalue weighted by atomic mass is 10.0. The molecule has 0 unspecified atom stereocenters. The van der Waals surface area contributed by atoms with Crippen molar-refractivity contribution in [1.82, 2.24) is 24.1 Å². The van der Waals surface area contributed by atoms with Crippen LogP contribution in [0.1, 0.15) is 21.9 Å². The molecule has 51 heavy (non-hydrogen) atoms. The number of rotatable bonds is 4. The van der Waals surface area contributed by atoms with Crippen LogP contribution in [0.5, 0.6) is 0 Å². The first-order valence-corrected chi connectivity index (χ1v) is 15.7. The van der Waals surface area contributed by atoms with E-state index in [1.165, 1.54) is 0 Å². The molecule has 0 fully saturated rings. The van der Waals surface area contributed by atoms with Crippen LogP contribution in [-0.2, 0) is 0 Å². The molecule has 6 nitrogen and oxygen atoms in total. The standard InChI is InChI=1S/C45H27N5O/c1-6-19-37-31(12-1)32-13-2-7-20-38(32)49(37)44-46-43(47-45(48-44)50-39-21-8-3-14-33(39)34-15-4-9-22-40(34)50)29-26-24-28(25-27-29)30-17-11-18-36-35-16-5-10-23-41(35)51-42(30)36/h1-27H/i1D,2D,3D,4D,6D,7D,8D,9D,12D,13D,14D,15D,19D,20D,21D,22D. The van der Waals surface area contributed by atoms with Gasteiger partial charge in [-0.25, -0.2) is 0 Å². The summed E-state index contributed by atoms with van der Waals surface area (Å²) in [5.41, 5.74) is 1.85. The van der Waals surface area contributed by atoms with Crippen LogP contribution in [0.15, 0.2) is 168 Å². The fraction of sp³-hybridized carbons (Fsp3) is 0. The smallest absolute Gasteiger partial charge is 0.240 e. The second-order valence-corrected chi connectivity index (χ2v) is 11.7. The molecule has 0 atom stereocenters. The van der Waals surface area contributed by atoms with Gasteiger partial charge in [-0.05, 0) is 35.8 Å². The van der Waals surface area contributed by atoms with E-state index in [1.54, 1.807) is 24.3 Å². The van der Waals surface area contributed by atoms with Crippen LogP contribution in [0.4, 0.5) is 0 Å². The molecule has 238 valence electrons. The lowest BCUT2D eigenvalue weighted by molar-refractivity contribution is 0.670. The Balaban J connectivity index is 1.28. The number of aromatic nitrogens is 5. The van der Waals surface area contributed by atoms with Crippen LogP contribution >= 0.6 is 0 Å². The Kier molecular flexibility index (Phi) is 3.48. The zero-order chi connectivity index (χ0) is 47.4. The average Bonchev–Trinajstić information content (AvgIpc) is 4.03. The van der Waals surface area contributed by atoms with Crippen molar-refractivity contribution >= 4 is 65.6 Å². The third-order valence-corrected chi connectivity index (χ3v) is 8.94. The first kappa shape index (κ1) is 16.6. The largest absolute Gasteiger partial charge is 0.455 e. The molecule has 0 aliphatic carbocycles. The van der Waals surface area contributed by atoms with Gasteiger partial charge in [-0.15, -0.1) is 0 Å². The maximum absolute atomic E-state index is 9.13. The van der Waals surface area contributed by atoms with Crippen LogP contribution in [-0.4, -0.2) is 24.1 Å². The highest BCUT2D eigenvalue weighted by Crippen LogP contribution is 2.37. The minimum atomic E-state index is -0.698. The summed E-state index contributed by atoms with van der Waals surface area (Å²) in [5.74, 6) is -1.09. The Hall–Kier alpha value is -7.05. The maximum atomic E-state index is 9.13. The van der Waals surface area contributed by atoms with Crippen LogP contribution in [0.25, 0.3) is 100.0 Å². The molecule has 0 saturated heterocycles. The van der Waals surface area contributed by atoms with Gasteiger partial charge in [-0.3, -0.25) is 9.13 Å². The van der Waals surface area contributed by atoms with Gasteiger partial charge in [0.15, 0.2) is 5.82 Å². The number of para-hydroxylation sites is 6. The lowest BCUT2D eigenvalue weighted by Crippen LogP contribution is -2.10. The van der Waals surface area contributed by atoms with Gasteiger partial charge in [-0.2, -0.15) is 15.0 Å². The summed E-state index contributed by atoms with van der Waals surface area (Å²) in [6, 6.07) is 9.82. The number of furan rings is 1. The van der Waals surface area contributed by atoms with Gasteiger partial charge in [-0.1, -0.05) is 133 Å².